The van der Waals surface area contributed by atoms with Crippen LogP contribution in [-0.4, -0.2) is 74.7 Å². The molecule has 5 rings (SSSR count). The average Bonchev–Trinajstić information content (AvgIpc) is 3.50. The predicted octanol–water partition coefficient (Wildman–Crippen LogP) is 3.30. The molecule has 3 saturated heterocycles. The molecule has 0 radical (unpaired) electrons. The molecule has 3 fully saturated rings. The van der Waals surface area contributed by atoms with E-state index in [1.165, 1.54) is 9.80 Å². The minimum absolute atomic E-state index is 0.145. The summed E-state index contributed by atoms with van der Waals surface area (Å²) in [7, 11) is 0. The molecule has 0 aliphatic carbocycles. The Balaban J connectivity index is 1.62. The van der Waals surface area contributed by atoms with Crippen LogP contribution in [0.25, 0.3) is 0 Å². The van der Waals surface area contributed by atoms with Gasteiger partial charge in [-0.25, -0.2) is 0 Å². The normalized spacial score (nSPS) is 30.2. The van der Waals surface area contributed by atoms with Gasteiger partial charge in [0, 0.05) is 22.1 Å². The number of likely N-dealkylation sites (tertiary alicyclic amines) is 1. The quantitative estimate of drug-likeness (QED) is 0.337. The summed E-state index contributed by atoms with van der Waals surface area (Å²) >= 11 is 9.64. The van der Waals surface area contributed by atoms with Crippen molar-refractivity contribution in [2.75, 3.05) is 18.1 Å². The van der Waals surface area contributed by atoms with E-state index in [-0.39, 0.29) is 24.2 Å². The van der Waals surface area contributed by atoms with Gasteiger partial charge in [-0.15, -0.1) is 6.58 Å². The number of amides is 2. The van der Waals surface area contributed by atoms with Crippen LogP contribution in [0.2, 0.25) is 5.02 Å². The van der Waals surface area contributed by atoms with E-state index in [1.807, 2.05) is 30.3 Å². The summed E-state index contributed by atoms with van der Waals surface area (Å²) in [4.78, 5) is 43.5. The Kier molecular flexibility index (Phi) is 7.39. The van der Waals surface area contributed by atoms with E-state index in [9.17, 15) is 24.6 Å². The molecule has 2 aromatic carbocycles. The zero-order chi connectivity index (χ0) is 27.2. The molecule has 0 aromatic heterocycles. The van der Waals surface area contributed by atoms with Crippen LogP contribution in [0.5, 0.6) is 0 Å². The van der Waals surface area contributed by atoms with Crippen molar-refractivity contribution < 1.29 is 29.3 Å². The number of ether oxygens (including phenoxy) is 1. The minimum atomic E-state index is -1.36. The lowest BCUT2D eigenvalue weighted by Gasteiger charge is -2.39. The van der Waals surface area contributed by atoms with Crippen LogP contribution in [0.15, 0.2) is 67.3 Å². The SMILES string of the molecule is C=CCN(C(=O)C1N([C@@H](CO)Cc2ccccc2)C(=O)[C@@H]2[C@@H](C(=O)O)[C@@H]3OC12CC3Br)c1ccc(Cl)cc1. The third kappa shape index (κ3) is 4.25. The second-order valence-corrected chi connectivity index (χ2v) is 11.6. The van der Waals surface area contributed by atoms with E-state index in [4.69, 9.17) is 16.3 Å². The number of hydrogen-bond acceptors (Lipinski definition) is 5. The van der Waals surface area contributed by atoms with E-state index in [1.54, 1.807) is 30.3 Å². The molecule has 1 spiro atoms. The lowest BCUT2D eigenvalue weighted by Crippen LogP contribution is -2.59. The highest BCUT2D eigenvalue weighted by atomic mass is 79.9. The van der Waals surface area contributed by atoms with E-state index < -0.39 is 60.0 Å². The molecule has 8 nitrogen and oxygen atoms in total. The number of alkyl halides is 1. The van der Waals surface area contributed by atoms with Crippen molar-refractivity contribution in [3.63, 3.8) is 0 Å². The molecular weight excluding hydrogens is 576 g/mol. The Morgan fingerprint density at radius 3 is 2.53 bits per heavy atom. The van der Waals surface area contributed by atoms with E-state index in [0.29, 0.717) is 10.7 Å². The van der Waals surface area contributed by atoms with E-state index >= 15 is 0 Å². The maximum absolute atomic E-state index is 14.5. The van der Waals surface area contributed by atoms with Crippen LogP contribution < -0.4 is 4.90 Å². The molecule has 2 aromatic rings. The van der Waals surface area contributed by atoms with Gasteiger partial charge in [-0.1, -0.05) is 63.9 Å². The number of benzene rings is 2. The maximum Gasteiger partial charge on any atom is 0.310 e. The number of fused-ring (bicyclic) bond motifs is 1. The standard InChI is InChI=1S/C28H28BrClN2O6/c1-2-12-31(18-10-8-17(30)9-11-18)26(35)24-28-14-20(29)23(38-28)21(27(36)37)22(28)25(34)32(24)19(15-33)13-16-6-4-3-5-7-16/h2-11,19-24,33H,1,12-15H2,(H,36,37)/t19-,20?,21-,22+,23-,24?,28?/m1/s1. The van der Waals surface area contributed by atoms with Crippen molar-refractivity contribution in [3.8, 4) is 0 Å². The third-order valence-electron chi connectivity index (χ3n) is 7.88. The third-order valence-corrected chi connectivity index (χ3v) is 8.98. The predicted molar refractivity (Wildman–Crippen MR) is 145 cm³/mol. The highest BCUT2D eigenvalue weighted by Crippen LogP contribution is 2.60. The summed E-state index contributed by atoms with van der Waals surface area (Å²) in [6.45, 7) is 3.53. The number of hydrogen-bond donors (Lipinski definition) is 2. The lowest BCUT2D eigenvalue weighted by molar-refractivity contribution is -0.150. The molecule has 2 N–H and O–H groups in total. The number of rotatable bonds is 9. The second-order valence-electron chi connectivity index (χ2n) is 9.99. The molecule has 2 bridgehead atoms. The number of aliphatic hydroxyl groups excluding tert-OH is 1. The Bertz CT molecular complexity index is 1240. The molecule has 200 valence electrons. The highest BCUT2D eigenvalue weighted by molar-refractivity contribution is 9.09. The zero-order valence-corrected chi connectivity index (χ0v) is 22.8. The van der Waals surface area contributed by atoms with Gasteiger partial charge in [-0.3, -0.25) is 14.4 Å². The number of carboxylic acids is 1. The van der Waals surface area contributed by atoms with Gasteiger partial charge in [0.05, 0.1) is 30.6 Å². The molecule has 2 amide bonds. The molecule has 3 unspecified atom stereocenters. The first-order valence-electron chi connectivity index (χ1n) is 12.4. The Morgan fingerprint density at radius 1 is 1.24 bits per heavy atom. The summed E-state index contributed by atoms with van der Waals surface area (Å²) in [5.41, 5.74) is 0.0680. The second kappa shape index (κ2) is 10.4. The first kappa shape index (κ1) is 26.9. The van der Waals surface area contributed by atoms with Crippen LogP contribution >= 0.6 is 27.5 Å². The molecule has 3 heterocycles. The first-order valence-corrected chi connectivity index (χ1v) is 13.7. The molecule has 38 heavy (non-hydrogen) atoms. The maximum atomic E-state index is 14.5. The van der Waals surface area contributed by atoms with Gasteiger partial charge in [0.25, 0.3) is 5.91 Å². The summed E-state index contributed by atoms with van der Waals surface area (Å²) in [6.07, 6.45) is 1.41. The Hall–Kier alpha value is -2.72. The van der Waals surface area contributed by atoms with Gasteiger partial charge >= 0.3 is 5.97 Å². The van der Waals surface area contributed by atoms with Gasteiger partial charge in [0.1, 0.15) is 11.6 Å². The monoisotopic (exact) mass is 602 g/mol. The van der Waals surface area contributed by atoms with Crippen LogP contribution in [0, 0.1) is 11.8 Å². The summed E-state index contributed by atoms with van der Waals surface area (Å²) in [5, 5.41) is 21.1. The number of carbonyl (C=O) groups excluding carboxylic acids is 2. The fourth-order valence-electron chi connectivity index (χ4n) is 6.38. The summed E-state index contributed by atoms with van der Waals surface area (Å²) < 4.78 is 6.37. The lowest BCUT2D eigenvalue weighted by atomic mass is 9.70. The molecular formula is C28H28BrClN2O6. The molecule has 3 aliphatic rings. The van der Waals surface area contributed by atoms with Crippen molar-refractivity contribution in [3.05, 3.63) is 77.8 Å². The van der Waals surface area contributed by atoms with Crippen LogP contribution in [0.1, 0.15) is 12.0 Å². The topological polar surface area (TPSA) is 107 Å². The minimum Gasteiger partial charge on any atom is -0.481 e. The molecule has 3 aliphatic heterocycles. The van der Waals surface area contributed by atoms with Gasteiger partial charge in [0.15, 0.2) is 0 Å². The number of aliphatic hydroxyl groups is 1. The zero-order valence-electron chi connectivity index (χ0n) is 20.5. The Labute approximate surface area is 233 Å². The number of carboxylic acid groups (broad SMARTS) is 1. The number of halogens is 2. The van der Waals surface area contributed by atoms with Gasteiger partial charge < -0.3 is 24.7 Å². The van der Waals surface area contributed by atoms with Crippen LogP contribution in [-0.2, 0) is 25.5 Å². The number of anilines is 1. The molecule has 7 atom stereocenters. The van der Waals surface area contributed by atoms with Gasteiger partial charge in [-0.2, -0.15) is 0 Å². The van der Waals surface area contributed by atoms with Crippen molar-refractivity contribution in [1.82, 2.24) is 4.90 Å². The fraction of sp³-hybridized carbons (Fsp3) is 0.393. The van der Waals surface area contributed by atoms with Crippen LogP contribution in [0.3, 0.4) is 0 Å². The Morgan fingerprint density at radius 2 is 1.92 bits per heavy atom. The summed E-state index contributed by atoms with van der Waals surface area (Å²) in [6, 6.07) is 14.2. The molecule has 0 saturated carbocycles. The van der Waals surface area contributed by atoms with E-state index in [0.717, 1.165) is 5.56 Å². The van der Waals surface area contributed by atoms with E-state index in [2.05, 4.69) is 22.5 Å². The number of nitrogens with zero attached hydrogens (tertiary/aromatic N) is 2. The van der Waals surface area contributed by atoms with Crippen molar-refractivity contribution >= 4 is 51.0 Å². The number of aliphatic carboxylic acids is 1. The summed E-state index contributed by atoms with van der Waals surface area (Å²) in [5.74, 6) is -4.21. The average molecular weight is 604 g/mol. The smallest absolute Gasteiger partial charge is 0.310 e. The van der Waals surface area contributed by atoms with Gasteiger partial charge in [-0.05, 0) is 42.7 Å². The first-order chi connectivity index (χ1) is 18.2. The largest absolute Gasteiger partial charge is 0.481 e. The number of carbonyl (C=O) groups is 3. The molecule has 10 heteroatoms. The van der Waals surface area contributed by atoms with Gasteiger partial charge in [0.2, 0.25) is 5.91 Å². The van der Waals surface area contributed by atoms with Crippen molar-refractivity contribution in [1.29, 1.82) is 0 Å². The fourth-order valence-corrected chi connectivity index (χ4v) is 7.45. The van der Waals surface area contributed by atoms with Crippen molar-refractivity contribution in [2.24, 2.45) is 11.8 Å². The van der Waals surface area contributed by atoms with Crippen LogP contribution in [0.4, 0.5) is 5.69 Å². The highest BCUT2D eigenvalue weighted by Gasteiger charge is 2.77. The van der Waals surface area contributed by atoms with Crippen molar-refractivity contribution in [2.45, 2.75) is 41.5 Å².